The fraction of sp³-hybridized carbons (Fsp3) is 0. The summed E-state index contributed by atoms with van der Waals surface area (Å²) in [5.41, 5.74) is 11.0. The van der Waals surface area contributed by atoms with Crippen molar-refractivity contribution in [2.45, 2.75) is 0 Å². The molecule has 0 spiro atoms. The Morgan fingerprint density at radius 3 is 1.62 bits per heavy atom. The molecule has 0 aliphatic heterocycles. The lowest BCUT2D eigenvalue weighted by Gasteiger charge is -2.13. The number of rotatable bonds is 4. The monoisotopic (exact) mass is 718 g/mol. The highest BCUT2D eigenvalue weighted by atomic mass is 32.1. The van der Waals surface area contributed by atoms with Crippen molar-refractivity contribution in [1.82, 2.24) is 19.1 Å². The van der Waals surface area contributed by atoms with E-state index in [2.05, 4.69) is 179 Å². The standard InChI is InChI=1S/C50H30N4S/c1-3-15-31(16-4-1)46-35-19-7-11-23-39(35)51-50(52-46)32-27-29-34(30-28-32)54-41-25-13-9-21-37(41)44-47(54)43-36-20-8-12-24-40(36)53(33-17-5-2-6-18-33)48(43)45-38-22-10-14-26-42(38)55-49(44)45/h1-30H. The number of hydrogen-bond acceptors (Lipinski definition) is 3. The minimum Gasteiger partial charge on any atom is -0.308 e. The van der Waals surface area contributed by atoms with Crippen LogP contribution >= 0.6 is 11.3 Å². The van der Waals surface area contributed by atoms with Crippen molar-refractivity contribution in [2.75, 3.05) is 0 Å². The van der Waals surface area contributed by atoms with Crippen molar-refractivity contribution in [1.29, 1.82) is 0 Å². The van der Waals surface area contributed by atoms with Gasteiger partial charge in [0, 0.05) is 69.6 Å². The van der Waals surface area contributed by atoms with Crippen LogP contribution in [0.1, 0.15) is 0 Å². The highest BCUT2D eigenvalue weighted by Gasteiger charge is 2.26. The van der Waals surface area contributed by atoms with Gasteiger partial charge in [-0.25, -0.2) is 9.97 Å². The first-order valence-electron chi connectivity index (χ1n) is 18.6. The van der Waals surface area contributed by atoms with E-state index in [4.69, 9.17) is 9.97 Å². The van der Waals surface area contributed by atoms with Crippen molar-refractivity contribution in [3.05, 3.63) is 182 Å². The number of benzene rings is 8. The van der Waals surface area contributed by atoms with E-state index in [1.165, 1.54) is 63.8 Å². The summed E-state index contributed by atoms with van der Waals surface area (Å²) in [5, 5.41) is 8.69. The summed E-state index contributed by atoms with van der Waals surface area (Å²) in [4.78, 5) is 10.2. The molecular formula is C50H30N4S. The van der Waals surface area contributed by atoms with Crippen molar-refractivity contribution in [3.8, 4) is 34.0 Å². The Balaban J connectivity index is 1.18. The molecule has 4 nitrogen and oxygen atoms in total. The second kappa shape index (κ2) is 11.7. The Bertz CT molecular complexity index is 3470. The summed E-state index contributed by atoms with van der Waals surface area (Å²) in [6.45, 7) is 0. The lowest BCUT2D eigenvalue weighted by Crippen LogP contribution is -1.97. The Kier molecular flexibility index (Phi) is 6.47. The maximum Gasteiger partial charge on any atom is 0.160 e. The first kappa shape index (κ1) is 30.4. The van der Waals surface area contributed by atoms with Gasteiger partial charge >= 0.3 is 0 Å². The van der Waals surface area contributed by atoms with Gasteiger partial charge in [-0.1, -0.05) is 121 Å². The molecule has 4 heterocycles. The second-order valence-electron chi connectivity index (χ2n) is 14.1. The minimum atomic E-state index is 0.714. The summed E-state index contributed by atoms with van der Waals surface area (Å²) in [5.74, 6) is 0.714. The van der Waals surface area contributed by atoms with Crippen molar-refractivity contribution < 1.29 is 0 Å². The van der Waals surface area contributed by atoms with Gasteiger partial charge in [0.15, 0.2) is 5.82 Å². The van der Waals surface area contributed by atoms with E-state index < -0.39 is 0 Å². The molecule has 0 amide bonds. The van der Waals surface area contributed by atoms with E-state index in [9.17, 15) is 0 Å². The van der Waals surface area contributed by atoms with Crippen LogP contribution < -0.4 is 0 Å². The first-order chi connectivity index (χ1) is 27.3. The summed E-state index contributed by atoms with van der Waals surface area (Å²) in [6, 6.07) is 65.0. The second-order valence-corrected chi connectivity index (χ2v) is 15.2. The molecule has 4 aromatic heterocycles. The average Bonchev–Trinajstić information content (AvgIpc) is 3.92. The summed E-state index contributed by atoms with van der Waals surface area (Å²) in [7, 11) is 0. The lowest BCUT2D eigenvalue weighted by atomic mass is 10.0. The highest BCUT2D eigenvalue weighted by molar-refractivity contribution is 7.27. The van der Waals surface area contributed by atoms with Crippen LogP contribution in [0.25, 0.3) is 109 Å². The molecule has 256 valence electrons. The van der Waals surface area contributed by atoms with Gasteiger partial charge in [0.05, 0.1) is 33.3 Å². The third-order valence-electron chi connectivity index (χ3n) is 11.1. The van der Waals surface area contributed by atoms with E-state index in [0.29, 0.717) is 5.82 Å². The van der Waals surface area contributed by atoms with Gasteiger partial charge < -0.3 is 9.13 Å². The molecule has 0 N–H and O–H groups in total. The number of para-hydroxylation sites is 4. The molecule has 8 aromatic carbocycles. The largest absolute Gasteiger partial charge is 0.308 e. The molecule has 0 atom stereocenters. The van der Waals surface area contributed by atoms with Gasteiger partial charge in [0.25, 0.3) is 0 Å². The van der Waals surface area contributed by atoms with E-state index >= 15 is 0 Å². The van der Waals surface area contributed by atoms with Crippen LogP contribution in [0.3, 0.4) is 0 Å². The molecule has 12 rings (SSSR count). The zero-order valence-electron chi connectivity index (χ0n) is 29.5. The predicted molar refractivity (Wildman–Crippen MR) is 232 cm³/mol. The molecule has 0 saturated heterocycles. The normalized spacial score (nSPS) is 12.0. The van der Waals surface area contributed by atoms with E-state index in [1.54, 1.807) is 0 Å². The third-order valence-corrected chi connectivity index (χ3v) is 12.3. The number of fused-ring (bicyclic) bond motifs is 13. The molecule has 5 heteroatoms. The van der Waals surface area contributed by atoms with Crippen LogP contribution in [-0.2, 0) is 0 Å². The van der Waals surface area contributed by atoms with Crippen LogP contribution in [0.4, 0.5) is 0 Å². The Morgan fingerprint density at radius 2 is 0.909 bits per heavy atom. The number of hydrogen-bond donors (Lipinski definition) is 0. The van der Waals surface area contributed by atoms with E-state index in [0.717, 1.165) is 39.1 Å². The molecule has 12 aromatic rings. The fourth-order valence-corrected chi connectivity index (χ4v) is 10.0. The minimum absolute atomic E-state index is 0.714. The Hall–Kier alpha value is -7.08. The van der Waals surface area contributed by atoms with Crippen LogP contribution in [0.5, 0.6) is 0 Å². The van der Waals surface area contributed by atoms with Gasteiger partial charge in [0.2, 0.25) is 0 Å². The molecule has 55 heavy (non-hydrogen) atoms. The fourth-order valence-electron chi connectivity index (χ4n) is 8.77. The van der Waals surface area contributed by atoms with E-state index in [-0.39, 0.29) is 0 Å². The number of aromatic nitrogens is 4. The third kappa shape index (κ3) is 4.39. The van der Waals surface area contributed by atoms with Crippen LogP contribution in [0.2, 0.25) is 0 Å². The maximum absolute atomic E-state index is 5.18. The van der Waals surface area contributed by atoms with Gasteiger partial charge in [-0.05, 0) is 60.7 Å². The zero-order chi connectivity index (χ0) is 36.0. The molecule has 0 aliphatic rings. The first-order valence-corrected chi connectivity index (χ1v) is 19.4. The molecule has 0 unspecified atom stereocenters. The van der Waals surface area contributed by atoms with Crippen molar-refractivity contribution >= 4 is 86.0 Å². The number of thiophene rings is 1. The highest BCUT2D eigenvalue weighted by Crippen LogP contribution is 2.51. The molecular weight excluding hydrogens is 689 g/mol. The molecule has 0 bridgehead atoms. The van der Waals surface area contributed by atoms with Crippen LogP contribution in [0.15, 0.2) is 182 Å². The summed E-state index contributed by atoms with van der Waals surface area (Å²) < 4.78 is 7.58. The zero-order valence-corrected chi connectivity index (χ0v) is 30.3. The van der Waals surface area contributed by atoms with Crippen molar-refractivity contribution in [3.63, 3.8) is 0 Å². The summed E-state index contributed by atoms with van der Waals surface area (Å²) >= 11 is 1.90. The molecule has 0 radical (unpaired) electrons. The SMILES string of the molecule is c1ccc(-c2nc(-c3ccc(-n4c5ccccc5c5c6sc7ccccc7c6c6c(c7ccccc7n6-c6ccccc6)c54)cc3)nc3ccccc23)cc1. The predicted octanol–water partition coefficient (Wildman–Crippen LogP) is 13.5. The topological polar surface area (TPSA) is 35.6 Å². The van der Waals surface area contributed by atoms with Crippen LogP contribution in [-0.4, -0.2) is 19.1 Å². The smallest absolute Gasteiger partial charge is 0.160 e. The van der Waals surface area contributed by atoms with Gasteiger partial charge in [-0.15, -0.1) is 11.3 Å². The maximum atomic E-state index is 5.18. The van der Waals surface area contributed by atoms with E-state index in [1.807, 2.05) is 23.5 Å². The quantitative estimate of drug-likeness (QED) is 0.182. The average molecular weight is 719 g/mol. The van der Waals surface area contributed by atoms with Gasteiger partial charge in [-0.2, -0.15) is 0 Å². The Morgan fingerprint density at radius 1 is 0.382 bits per heavy atom. The molecule has 0 fully saturated rings. The lowest BCUT2D eigenvalue weighted by molar-refractivity contribution is 1.17. The number of nitrogens with zero attached hydrogens (tertiary/aromatic N) is 4. The Labute approximate surface area is 319 Å². The van der Waals surface area contributed by atoms with Gasteiger partial charge in [0.1, 0.15) is 0 Å². The molecule has 0 saturated carbocycles. The summed E-state index contributed by atoms with van der Waals surface area (Å²) in [6.07, 6.45) is 0. The van der Waals surface area contributed by atoms with Crippen molar-refractivity contribution in [2.24, 2.45) is 0 Å². The van der Waals surface area contributed by atoms with Crippen LogP contribution in [0, 0.1) is 0 Å². The van der Waals surface area contributed by atoms with Gasteiger partial charge in [-0.3, -0.25) is 0 Å². The molecule has 0 aliphatic carbocycles.